The lowest BCUT2D eigenvalue weighted by Crippen LogP contribution is -2.19. The molecule has 4 rings (SSSR count). The van der Waals surface area contributed by atoms with E-state index in [0.29, 0.717) is 26.7 Å². The Labute approximate surface area is 140 Å². The summed E-state index contributed by atoms with van der Waals surface area (Å²) in [5.74, 6) is -0.688. The fourth-order valence-corrected chi connectivity index (χ4v) is 2.90. The van der Waals surface area contributed by atoms with Gasteiger partial charge in [0, 0.05) is 16.1 Å². The molecule has 6 heteroatoms. The van der Waals surface area contributed by atoms with E-state index in [0.717, 1.165) is 0 Å². The van der Waals surface area contributed by atoms with E-state index >= 15 is 0 Å². The number of fused-ring (bicyclic) bond motifs is 2. The van der Waals surface area contributed by atoms with Crippen molar-refractivity contribution in [1.82, 2.24) is 4.98 Å². The van der Waals surface area contributed by atoms with Crippen molar-refractivity contribution in [1.29, 1.82) is 0 Å². The maximum Gasteiger partial charge on any atom is 0.231 e. The quantitative estimate of drug-likeness (QED) is 0.513. The molecule has 0 atom stereocenters. The molecule has 0 aliphatic heterocycles. The first kappa shape index (κ1) is 14.2. The average Bonchev–Trinajstić information content (AvgIpc) is 3.00. The van der Waals surface area contributed by atoms with E-state index in [1.165, 1.54) is 0 Å². The van der Waals surface area contributed by atoms with Crippen LogP contribution in [0.1, 0.15) is 32.2 Å². The molecule has 23 heavy (non-hydrogen) atoms. The zero-order valence-electron chi connectivity index (χ0n) is 11.5. The van der Waals surface area contributed by atoms with E-state index in [1.807, 2.05) is 0 Å². The van der Waals surface area contributed by atoms with Gasteiger partial charge >= 0.3 is 0 Å². The average molecular weight is 344 g/mol. The molecule has 112 valence electrons. The zero-order valence-corrected chi connectivity index (χ0v) is 13.0. The molecule has 0 spiro atoms. The Bertz CT molecular complexity index is 939. The molecule has 0 saturated heterocycles. The molecule has 0 saturated carbocycles. The van der Waals surface area contributed by atoms with Crippen molar-refractivity contribution in [3.05, 3.63) is 75.1 Å². The largest absolute Gasteiger partial charge is 0.432 e. The zero-order chi connectivity index (χ0) is 16.1. The van der Waals surface area contributed by atoms with Crippen LogP contribution < -0.4 is 0 Å². The fourth-order valence-electron chi connectivity index (χ4n) is 2.53. The monoisotopic (exact) mass is 343 g/mol. The van der Waals surface area contributed by atoms with E-state index < -0.39 is 0 Å². The summed E-state index contributed by atoms with van der Waals surface area (Å²) in [6.45, 7) is 0. The highest BCUT2D eigenvalue weighted by molar-refractivity contribution is 6.35. The Balaban J connectivity index is 1.92. The normalized spacial score (nSPS) is 13.0. The van der Waals surface area contributed by atoms with E-state index in [4.69, 9.17) is 27.6 Å². The summed E-state index contributed by atoms with van der Waals surface area (Å²) in [7, 11) is 0. The Morgan fingerprint density at radius 3 is 2.30 bits per heavy atom. The van der Waals surface area contributed by atoms with E-state index in [2.05, 4.69) is 4.98 Å². The number of hydrogen-bond acceptors (Lipinski definition) is 4. The Morgan fingerprint density at radius 1 is 0.870 bits per heavy atom. The van der Waals surface area contributed by atoms with Gasteiger partial charge in [-0.25, -0.2) is 4.98 Å². The molecule has 0 N–H and O–H groups in total. The number of benzene rings is 2. The maximum absolute atomic E-state index is 12.5. The van der Waals surface area contributed by atoms with Gasteiger partial charge in [-0.15, -0.1) is 0 Å². The van der Waals surface area contributed by atoms with Crippen LogP contribution in [0.25, 0.3) is 11.5 Å². The van der Waals surface area contributed by atoms with Crippen LogP contribution in [0.15, 0.2) is 46.9 Å². The van der Waals surface area contributed by atoms with Gasteiger partial charge in [0.1, 0.15) is 0 Å². The van der Waals surface area contributed by atoms with Gasteiger partial charge in [-0.3, -0.25) is 9.59 Å². The van der Waals surface area contributed by atoms with Crippen molar-refractivity contribution < 1.29 is 14.0 Å². The van der Waals surface area contributed by atoms with Crippen molar-refractivity contribution in [2.45, 2.75) is 0 Å². The van der Waals surface area contributed by atoms with Gasteiger partial charge in [-0.1, -0.05) is 47.5 Å². The van der Waals surface area contributed by atoms with Gasteiger partial charge < -0.3 is 4.42 Å². The fraction of sp³-hybridized carbons (Fsp3) is 0. The lowest BCUT2D eigenvalue weighted by molar-refractivity contribution is 0.0959. The summed E-state index contributed by atoms with van der Waals surface area (Å²) in [6.07, 6.45) is 0. The second-order valence-electron chi connectivity index (χ2n) is 5.02. The standard InChI is InChI=1S/C17H7Cl2NO3/c18-8-5-6-12(19)11(7-8)17-20-13-14(21)9-3-1-2-4-10(9)15(22)16(13)23-17/h1-7H. The number of oxazole rings is 1. The number of halogens is 2. The van der Waals surface area contributed by atoms with Crippen molar-refractivity contribution in [3.8, 4) is 11.5 Å². The molecule has 1 heterocycles. The molecule has 0 radical (unpaired) electrons. The molecular weight excluding hydrogens is 337 g/mol. The third kappa shape index (κ3) is 2.11. The minimum absolute atomic E-state index is 0.000239. The first-order chi connectivity index (χ1) is 11.1. The molecule has 1 aliphatic carbocycles. The number of rotatable bonds is 1. The third-order valence-corrected chi connectivity index (χ3v) is 4.19. The molecule has 0 unspecified atom stereocenters. The van der Waals surface area contributed by atoms with E-state index in [9.17, 15) is 9.59 Å². The minimum Gasteiger partial charge on any atom is -0.432 e. The highest BCUT2D eigenvalue weighted by Crippen LogP contribution is 2.34. The molecule has 2 aromatic carbocycles. The highest BCUT2D eigenvalue weighted by Gasteiger charge is 2.35. The summed E-state index contributed by atoms with van der Waals surface area (Å²) in [4.78, 5) is 29.2. The summed E-state index contributed by atoms with van der Waals surface area (Å²) in [5, 5.41) is 0.812. The van der Waals surface area contributed by atoms with Gasteiger partial charge in [0.2, 0.25) is 23.2 Å². The molecule has 4 nitrogen and oxygen atoms in total. The number of carbonyl (C=O) groups excluding carboxylic acids is 2. The molecule has 0 bridgehead atoms. The van der Waals surface area contributed by atoms with Crippen LogP contribution in [-0.4, -0.2) is 16.6 Å². The predicted molar refractivity (Wildman–Crippen MR) is 85.3 cm³/mol. The number of ketones is 2. The van der Waals surface area contributed by atoms with Gasteiger partial charge in [-0.2, -0.15) is 0 Å². The van der Waals surface area contributed by atoms with Crippen LogP contribution in [0.3, 0.4) is 0 Å². The molecule has 1 aliphatic rings. The van der Waals surface area contributed by atoms with Crippen LogP contribution in [0.2, 0.25) is 10.0 Å². The van der Waals surface area contributed by atoms with Crippen molar-refractivity contribution >= 4 is 34.8 Å². The number of nitrogens with zero attached hydrogens (tertiary/aromatic N) is 1. The molecular formula is C17H7Cl2NO3. The SMILES string of the molecule is O=C1c2ccccc2C(=O)c2oc(-c3cc(Cl)ccc3Cl)nc21. The van der Waals surface area contributed by atoms with Crippen LogP contribution in [-0.2, 0) is 0 Å². The molecule has 0 amide bonds. The Hall–Kier alpha value is -2.43. The topological polar surface area (TPSA) is 60.2 Å². The van der Waals surface area contributed by atoms with Crippen LogP contribution in [0.4, 0.5) is 0 Å². The van der Waals surface area contributed by atoms with Crippen LogP contribution in [0, 0.1) is 0 Å². The second-order valence-corrected chi connectivity index (χ2v) is 5.87. The highest BCUT2D eigenvalue weighted by atomic mass is 35.5. The second kappa shape index (κ2) is 5.05. The maximum atomic E-state index is 12.5. The smallest absolute Gasteiger partial charge is 0.231 e. The van der Waals surface area contributed by atoms with E-state index in [1.54, 1.807) is 42.5 Å². The summed E-state index contributed by atoms with van der Waals surface area (Å²) in [6, 6.07) is 11.4. The van der Waals surface area contributed by atoms with E-state index in [-0.39, 0.29) is 28.9 Å². The Morgan fingerprint density at radius 2 is 1.57 bits per heavy atom. The molecule has 0 fully saturated rings. The minimum atomic E-state index is -0.368. The van der Waals surface area contributed by atoms with Gasteiger partial charge in [0.15, 0.2) is 5.69 Å². The Kier molecular flexibility index (Phi) is 3.11. The predicted octanol–water partition coefficient (Wildman–Crippen LogP) is 4.42. The van der Waals surface area contributed by atoms with Gasteiger partial charge in [0.25, 0.3) is 0 Å². The van der Waals surface area contributed by atoms with Gasteiger partial charge in [-0.05, 0) is 18.2 Å². The third-order valence-electron chi connectivity index (χ3n) is 3.62. The lowest BCUT2D eigenvalue weighted by atomic mass is 9.91. The summed E-state index contributed by atoms with van der Waals surface area (Å²) < 4.78 is 5.54. The van der Waals surface area contributed by atoms with Crippen LogP contribution >= 0.6 is 23.2 Å². The van der Waals surface area contributed by atoms with Crippen LogP contribution in [0.5, 0.6) is 0 Å². The van der Waals surface area contributed by atoms with Crippen molar-refractivity contribution in [2.24, 2.45) is 0 Å². The number of carbonyl (C=O) groups is 2. The lowest BCUT2D eigenvalue weighted by Gasteiger charge is -2.10. The van der Waals surface area contributed by atoms with Gasteiger partial charge in [0.05, 0.1) is 10.6 Å². The molecule has 1 aromatic heterocycles. The van der Waals surface area contributed by atoms with Crippen molar-refractivity contribution in [2.75, 3.05) is 0 Å². The summed E-state index contributed by atoms with van der Waals surface area (Å²) in [5.41, 5.74) is 1.06. The first-order valence-electron chi connectivity index (χ1n) is 6.71. The number of aromatic nitrogens is 1. The van der Waals surface area contributed by atoms with Crippen molar-refractivity contribution in [3.63, 3.8) is 0 Å². The summed E-state index contributed by atoms with van der Waals surface area (Å²) >= 11 is 12.1. The first-order valence-corrected chi connectivity index (χ1v) is 7.46. The number of hydrogen-bond donors (Lipinski definition) is 0. The molecule has 3 aromatic rings.